The minimum atomic E-state index is 0.0340. The molecule has 19 heavy (non-hydrogen) atoms. The zero-order valence-electron chi connectivity index (χ0n) is 11.4. The molecule has 2 aromatic carbocycles. The van der Waals surface area contributed by atoms with E-state index in [4.69, 9.17) is 5.26 Å². The Bertz CT molecular complexity index is 582. The predicted octanol–water partition coefficient (Wildman–Crippen LogP) is 4.37. The summed E-state index contributed by atoms with van der Waals surface area (Å²) in [6, 6.07) is 18.6. The first-order valence-electron chi connectivity index (χ1n) is 6.47. The Balaban J connectivity index is 2.27. The van der Waals surface area contributed by atoms with Crippen LogP contribution in [-0.4, -0.2) is 0 Å². The lowest BCUT2D eigenvalue weighted by Crippen LogP contribution is -2.11. The van der Waals surface area contributed by atoms with Crippen molar-refractivity contribution in [3.05, 3.63) is 65.2 Å². The molecule has 2 nitrogen and oxygen atoms in total. The third-order valence-electron chi connectivity index (χ3n) is 3.43. The van der Waals surface area contributed by atoms with E-state index in [1.807, 2.05) is 24.3 Å². The van der Waals surface area contributed by atoms with Crippen molar-refractivity contribution in [3.63, 3.8) is 0 Å². The third-order valence-corrected chi connectivity index (χ3v) is 3.43. The fraction of sp³-hybridized carbons (Fsp3) is 0.235. The molecule has 0 spiro atoms. The van der Waals surface area contributed by atoms with Gasteiger partial charge in [-0.3, -0.25) is 0 Å². The molecule has 0 heterocycles. The Morgan fingerprint density at radius 2 is 1.79 bits per heavy atom. The summed E-state index contributed by atoms with van der Waals surface area (Å²) in [5.74, 6) is 0. The van der Waals surface area contributed by atoms with Gasteiger partial charge in [0.15, 0.2) is 0 Å². The highest BCUT2D eigenvalue weighted by atomic mass is 14.9. The summed E-state index contributed by atoms with van der Waals surface area (Å²) >= 11 is 0. The van der Waals surface area contributed by atoms with Crippen molar-refractivity contribution in [1.29, 1.82) is 5.26 Å². The van der Waals surface area contributed by atoms with E-state index in [9.17, 15) is 0 Å². The topological polar surface area (TPSA) is 35.8 Å². The van der Waals surface area contributed by atoms with Crippen molar-refractivity contribution in [2.75, 3.05) is 5.32 Å². The highest BCUT2D eigenvalue weighted by Gasteiger charge is 2.12. The molecule has 2 heteroatoms. The highest BCUT2D eigenvalue weighted by molar-refractivity contribution is 5.55. The molecule has 2 aromatic rings. The molecule has 0 saturated carbocycles. The van der Waals surface area contributed by atoms with Gasteiger partial charge in [0.25, 0.3) is 0 Å². The maximum Gasteiger partial charge on any atom is 0.0647 e. The van der Waals surface area contributed by atoms with Crippen LogP contribution >= 0.6 is 0 Å². The van der Waals surface area contributed by atoms with Crippen molar-refractivity contribution in [1.82, 2.24) is 0 Å². The van der Waals surface area contributed by atoms with E-state index in [-0.39, 0.29) is 6.04 Å². The maximum atomic E-state index is 9.01. The van der Waals surface area contributed by atoms with E-state index in [1.54, 1.807) is 0 Å². The van der Waals surface area contributed by atoms with Gasteiger partial charge in [0, 0.05) is 5.69 Å². The number of nitrogens with one attached hydrogen (secondary N) is 1. The number of anilines is 1. The van der Waals surface area contributed by atoms with Crippen molar-refractivity contribution in [3.8, 4) is 6.07 Å². The van der Waals surface area contributed by atoms with Crippen LogP contribution in [0, 0.1) is 25.2 Å². The fourth-order valence-electron chi connectivity index (χ4n) is 2.12. The molecule has 0 amide bonds. The molecular formula is C17H18N2. The lowest BCUT2D eigenvalue weighted by molar-refractivity contribution is 0.804. The van der Waals surface area contributed by atoms with Gasteiger partial charge in [0.1, 0.15) is 0 Å². The largest absolute Gasteiger partial charge is 0.377 e. The van der Waals surface area contributed by atoms with Crippen LogP contribution in [-0.2, 0) is 0 Å². The first-order chi connectivity index (χ1) is 9.22. The second-order valence-corrected chi connectivity index (χ2v) is 4.72. The van der Waals surface area contributed by atoms with Crippen molar-refractivity contribution in [2.45, 2.75) is 26.3 Å². The Kier molecular flexibility index (Phi) is 4.20. The Morgan fingerprint density at radius 1 is 1.05 bits per heavy atom. The summed E-state index contributed by atoms with van der Waals surface area (Å²) in [5.41, 5.74) is 4.74. The third kappa shape index (κ3) is 3.14. The zero-order valence-corrected chi connectivity index (χ0v) is 11.4. The van der Waals surface area contributed by atoms with Crippen LogP contribution in [0.1, 0.15) is 29.2 Å². The molecule has 1 unspecified atom stereocenters. The molecule has 0 bridgehead atoms. The van der Waals surface area contributed by atoms with Gasteiger partial charge < -0.3 is 5.32 Å². The van der Waals surface area contributed by atoms with E-state index in [0.717, 1.165) is 11.3 Å². The van der Waals surface area contributed by atoms with Gasteiger partial charge in [0.05, 0.1) is 18.5 Å². The first kappa shape index (κ1) is 13.2. The Hall–Kier alpha value is -2.27. The van der Waals surface area contributed by atoms with E-state index in [2.05, 4.69) is 49.5 Å². The van der Waals surface area contributed by atoms with E-state index >= 15 is 0 Å². The highest BCUT2D eigenvalue weighted by Crippen LogP contribution is 2.25. The van der Waals surface area contributed by atoms with Gasteiger partial charge in [-0.05, 0) is 36.6 Å². The number of nitrogens with zero attached hydrogens (tertiary/aromatic N) is 1. The van der Waals surface area contributed by atoms with Crippen LogP contribution in [0.4, 0.5) is 5.69 Å². The molecule has 0 fully saturated rings. The standard InChI is InChI=1S/C17H18N2/c1-13-7-6-10-16(14(13)2)19-17(11-12-18)15-8-4-3-5-9-15/h3-10,17,19H,11H2,1-2H3. The molecule has 0 saturated heterocycles. The summed E-state index contributed by atoms with van der Waals surface area (Å²) in [5, 5.41) is 12.5. The van der Waals surface area contributed by atoms with Gasteiger partial charge >= 0.3 is 0 Å². The lowest BCUT2D eigenvalue weighted by atomic mass is 10.0. The van der Waals surface area contributed by atoms with Gasteiger partial charge in [-0.15, -0.1) is 0 Å². The van der Waals surface area contributed by atoms with Gasteiger partial charge in [0.2, 0.25) is 0 Å². The number of aryl methyl sites for hydroxylation is 1. The number of rotatable bonds is 4. The minimum Gasteiger partial charge on any atom is -0.377 e. The second-order valence-electron chi connectivity index (χ2n) is 4.72. The van der Waals surface area contributed by atoms with Crippen molar-refractivity contribution in [2.24, 2.45) is 0 Å². The van der Waals surface area contributed by atoms with Crippen molar-refractivity contribution < 1.29 is 0 Å². The lowest BCUT2D eigenvalue weighted by Gasteiger charge is -2.20. The maximum absolute atomic E-state index is 9.01. The molecule has 1 atom stereocenters. The van der Waals surface area contributed by atoms with Gasteiger partial charge in [-0.25, -0.2) is 0 Å². The summed E-state index contributed by atoms with van der Waals surface area (Å²) in [6.07, 6.45) is 0.456. The molecule has 0 aliphatic carbocycles. The molecule has 0 aliphatic rings. The molecule has 0 aliphatic heterocycles. The van der Waals surface area contributed by atoms with Crippen LogP contribution in [0.3, 0.4) is 0 Å². The number of benzene rings is 2. The summed E-state index contributed by atoms with van der Waals surface area (Å²) in [4.78, 5) is 0. The summed E-state index contributed by atoms with van der Waals surface area (Å²) < 4.78 is 0. The van der Waals surface area contributed by atoms with Gasteiger partial charge in [-0.1, -0.05) is 42.5 Å². The molecular weight excluding hydrogens is 232 g/mol. The molecule has 0 aromatic heterocycles. The smallest absolute Gasteiger partial charge is 0.0647 e. The number of hydrogen-bond acceptors (Lipinski definition) is 2. The van der Waals surface area contributed by atoms with E-state index in [0.29, 0.717) is 6.42 Å². The predicted molar refractivity (Wildman–Crippen MR) is 79.0 cm³/mol. The Labute approximate surface area is 114 Å². The van der Waals surface area contributed by atoms with Gasteiger partial charge in [-0.2, -0.15) is 5.26 Å². The molecule has 1 N–H and O–H groups in total. The molecule has 96 valence electrons. The molecule has 0 radical (unpaired) electrons. The number of nitriles is 1. The Morgan fingerprint density at radius 3 is 2.47 bits per heavy atom. The second kappa shape index (κ2) is 6.06. The normalized spacial score (nSPS) is 11.6. The van der Waals surface area contributed by atoms with Crippen LogP contribution < -0.4 is 5.32 Å². The van der Waals surface area contributed by atoms with Crippen molar-refractivity contribution >= 4 is 5.69 Å². The zero-order chi connectivity index (χ0) is 13.7. The monoisotopic (exact) mass is 250 g/mol. The van der Waals surface area contributed by atoms with E-state index in [1.165, 1.54) is 11.1 Å². The fourth-order valence-corrected chi connectivity index (χ4v) is 2.12. The van der Waals surface area contributed by atoms with E-state index < -0.39 is 0 Å². The minimum absolute atomic E-state index is 0.0340. The quantitative estimate of drug-likeness (QED) is 0.874. The van der Waals surface area contributed by atoms with Crippen LogP contribution in [0.15, 0.2) is 48.5 Å². The number of hydrogen-bond donors (Lipinski definition) is 1. The summed E-state index contributed by atoms with van der Waals surface area (Å²) in [7, 11) is 0. The average Bonchev–Trinajstić information content (AvgIpc) is 2.44. The average molecular weight is 250 g/mol. The molecule has 2 rings (SSSR count). The van der Waals surface area contributed by atoms with Crippen LogP contribution in [0.5, 0.6) is 0 Å². The first-order valence-corrected chi connectivity index (χ1v) is 6.47. The summed E-state index contributed by atoms with van der Waals surface area (Å²) in [6.45, 7) is 4.20. The van der Waals surface area contributed by atoms with Crippen LogP contribution in [0.25, 0.3) is 0 Å². The van der Waals surface area contributed by atoms with Crippen LogP contribution in [0.2, 0.25) is 0 Å². The SMILES string of the molecule is Cc1cccc(NC(CC#N)c2ccccc2)c1C.